The number of methoxy groups -OCH3 is 1. The topological polar surface area (TPSA) is 70.1 Å². The molecule has 1 aromatic heterocycles. The summed E-state index contributed by atoms with van der Waals surface area (Å²) in [6, 6.07) is 6.90. The van der Waals surface area contributed by atoms with Crippen molar-refractivity contribution in [1.82, 2.24) is 9.55 Å². The lowest BCUT2D eigenvalue weighted by Gasteiger charge is -2.13. The molecule has 1 aromatic carbocycles. The van der Waals surface area contributed by atoms with Gasteiger partial charge in [-0.05, 0) is 32.0 Å². The molecular formula is C14H17N3O2. The second kappa shape index (κ2) is 5.14. The Balaban J connectivity index is 2.47. The zero-order valence-electron chi connectivity index (χ0n) is 11.3. The lowest BCUT2D eigenvalue weighted by atomic mass is 10.1. The van der Waals surface area contributed by atoms with Crippen LogP contribution in [-0.4, -0.2) is 16.7 Å². The maximum absolute atomic E-state index is 12.0. The molecule has 0 aliphatic carbocycles. The highest BCUT2D eigenvalue weighted by molar-refractivity contribution is 5.48. The number of anilines is 1. The molecule has 0 saturated carbocycles. The van der Waals surface area contributed by atoms with E-state index in [4.69, 9.17) is 10.5 Å². The van der Waals surface area contributed by atoms with Crippen molar-refractivity contribution >= 4 is 5.69 Å². The Morgan fingerprint density at radius 1 is 1.32 bits per heavy atom. The first-order valence-corrected chi connectivity index (χ1v) is 5.98. The smallest absolute Gasteiger partial charge is 0.254 e. The van der Waals surface area contributed by atoms with Gasteiger partial charge in [-0.25, -0.2) is 4.98 Å². The maximum Gasteiger partial charge on any atom is 0.254 e. The number of benzene rings is 1. The monoisotopic (exact) mass is 259 g/mol. The number of nitrogens with two attached hydrogens (primary N) is 1. The number of aromatic nitrogens is 2. The molecule has 0 radical (unpaired) electrons. The molecule has 1 heterocycles. The van der Waals surface area contributed by atoms with Crippen LogP contribution in [-0.2, 0) is 6.54 Å². The molecule has 0 aliphatic heterocycles. The highest BCUT2D eigenvalue weighted by Gasteiger charge is 2.08. The van der Waals surface area contributed by atoms with Crippen molar-refractivity contribution in [1.29, 1.82) is 0 Å². The van der Waals surface area contributed by atoms with E-state index in [0.29, 0.717) is 23.8 Å². The van der Waals surface area contributed by atoms with Gasteiger partial charge in [0.25, 0.3) is 5.56 Å². The van der Waals surface area contributed by atoms with Gasteiger partial charge in [0, 0.05) is 23.0 Å². The third-order valence-corrected chi connectivity index (χ3v) is 2.96. The van der Waals surface area contributed by atoms with Crippen molar-refractivity contribution in [2.75, 3.05) is 12.8 Å². The van der Waals surface area contributed by atoms with E-state index in [0.717, 1.165) is 11.3 Å². The van der Waals surface area contributed by atoms with Crippen LogP contribution in [0.2, 0.25) is 0 Å². The van der Waals surface area contributed by atoms with Crippen molar-refractivity contribution < 1.29 is 4.74 Å². The normalized spacial score (nSPS) is 10.5. The molecule has 0 unspecified atom stereocenters. The highest BCUT2D eigenvalue weighted by Crippen LogP contribution is 2.21. The fraction of sp³-hybridized carbons (Fsp3) is 0.286. The fourth-order valence-corrected chi connectivity index (χ4v) is 2.05. The zero-order valence-corrected chi connectivity index (χ0v) is 11.3. The quantitative estimate of drug-likeness (QED) is 0.848. The summed E-state index contributed by atoms with van der Waals surface area (Å²) >= 11 is 0. The number of nitrogen functional groups attached to an aromatic ring is 1. The fourth-order valence-electron chi connectivity index (χ4n) is 2.05. The van der Waals surface area contributed by atoms with Crippen LogP contribution in [0.1, 0.15) is 17.1 Å². The molecule has 0 fully saturated rings. The largest absolute Gasteiger partial charge is 0.496 e. The van der Waals surface area contributed by atoms with Crippen molar-refractivity contribution in [3.05, 3.63) is 51.7 Å². The summed E-state index contributed by atoms with van der Waals surface area (Å²) in [5.74, 6) is 1.38. The van der Waals surface area contributed by atoms with Gasteiger partial charge in [0.1, 0.15) is 11.6 Å². The van der Waals surface area contributed by atoms with Crippen LogP contribution in [0.5, 0.6) is 5.75 Å². The van der Waals surface area contributed by atoms with E-state index in [1.165, 1.54) is 6.07 Å². The van der Waals surface area contributed by atoms with Crippen molar-refractivity contribution in [3.8, 4) is 5.75 Å². The van der Waals surface area contributed by atoms with Gasteiger partial charge < -0.3 is 10.5 Å². The lowest BCUT2D eigenvalue weighted by molar-refractivity contribution is 0.408. The molecule has 2 aromatic rings. The lowest BCUT2D eigenvalue weighted by Crippen LogP contribution is -2.24. The zero-order chi connectivity index (χ0) is 14.0. The first kappa shape index (κ1) is 13.1. The molecule has 0 spiro atoms. The summed E-state index contributed by atoms with van der Waals surface area (Å²) in [4.78, 5) is 16.3. The van der Waals surface area contributed by atoms with E-state index < -0.39 is 0 Å². The van der Waals surface area contributed by atoms with Gasteiger partial charge in [-0.3, -0.25) is 9.36 Å². The van der Waals surface area contributed by atoms with E-state index in [2.05, 4.69) is 4.98 Å². The van der Waals surface area contributed by atoms with Crippen molar-refractivity contribution in [2.45, 2.75) is 20.4 Å². The van der Waals surface area contributed by atoms with Gasteiger partial charge in [-0.15, -0.1) is 0 Å². The molecule has 0 amide bonds. The predicted molar refractivity (Wildman–Crippen MR) is 74.5 cm³/mol. The summed E-state index contributed by atoms with van der Waals surface area (Å²) in [5, 5.41) is 0. The van der Waals surface area contributed by atoms with Crippen LogP contribution in [0.15, 0.2) is 29.1 Å². The Bertz CT molecular complexity index is 662. The molecular weight excluding hydrogens is 242 g/mol. The number of hydrogen-bond donors (Lipinski definition) is 1. The third kappa shape index (κ3) is 2.76. The third-order valence-electron chi connectivity index (χ3n) is 2.96. The van der Waals surface area contributed by atoms with E-state index in [9.17, 15) is 4.79 Å². The summed E-state index contributed by atoms with van der Waals surface area (Å²) in [6.07, 6.45) is 0. The first-order valence-electron chi connectivity index (χ1n) is 5.98. The summed E-state index contributed by atoms with van der Waals surface area (Å²) in [5.41, 5.74) is 7.92. The molecule has 0 atom stereocenters. The molecule has 5 heteroatoms. The van der Waals surface area contributed by atoms with Crippen LogP contribution < -0.4 is 16.0 Å². The minimum Gasteiger partial charge on any atom is -0.496 e. The van der Waals surface area contributed by atoms with E-state index in [1.807, 2.05) is 13.0 Å². The average Bonchev–Trinajstić information content (AvgIpc) is 2.34. The van der Waals surface area contributed by atoms with Crippen LogP contribution in [0.4, 0.5) is 5.69 Å². The van der Waals surface area contributed by atoms with Crippen LogP contribution in [0.25, 0.3) is 0 Å². The highest BCUT2D eigenvalue weighted by atomic mass is 16.5. The predicted octanol–water partition coefficient (Wildman–Crippen LogP) is 1.50. The molecule has 0 saturated heterocycles. The Hall–Kier alpha value is -2.30. The summed E-state index contributed by atoms with van der Waals surface area (Å²) in [6.45, 7) is 4.01. The Labute approximate surface area is 111 Å². The first-order chi connectivity index (χ1) is 9.01. The van der Waals surface area contributed by atoms with Crippen molar-refractivity contribution in [3.63, 3.8) is 0 Å². The second-order valence-electron chi connectivity index (χ2n) is 4.44. The van der Waals surface area contributed by atoms with Gasteiger partial charge >= 0.3 is 0 Å². The Morgan fingerprint density at radius 2 is 2.05 bits per heavy atom. The number of ether oxygens (including phenoxy) is 1. The van der Waals surface area contributed by atoms with Gasteiger partial charge in [-0.2, -0.15) is 0 Å². The minimum absolute atomic E-state index is 0.0746. The van der Waals surface area contributed by atoms with E-state index in [1.54, 1.807) is 30.7 Å². The van der Waals surface area contributed by atoms with E-state index in [-0.39, 0.29) is 5.56 Å². The number of aryl methyl sites for hydroxylation is 2. The van der Waals surface area contributed by atoms with Gasteiger partial charge in [0.05, 0.1) is 13.7 Å². The number of nitrogens with zero attached hydrogens (tertiary/aromatic N) is 2. The van der Waals surface area contributed by atoms with Crippen LogP contribution >= 0.6 is 0 Å². The number of rotatable bonds is 3. The van der Waals surface area contributed by atoms with Crippen LogP contribution in [0.3, 0.4) is 0 Å². The molecule has 2 N–H and O–H groups in total. The Morgan fingerprint density at radius 3 is 2.68 bits per heavy atom. The maximum atomic E-state index is 12.0. The molecule has 0 bridgehead atoms. The summed E-state index contributed by atoms with van der Waals surface area (Å²) < 4.78 is 6.89. The number of hydrogen-bond acceptors (Lipinski definition) is 4. The minimum atomic E-state index is -0.0746. The van der Waals surface area contributed by atoms with Crippen molar-refractivity contribution in [2.24, 2.45) is 0 Å². The second-order valence-corrected chi connectivity index (χ2v) is 4.44. The van der Waals surface area contributed by atoms with E-state index >= 15 is 0 Å². The molecule has 100 valence electrons. The van der Waals surface area contributed by atoms with Crippen LogP contribution in [0, 0.1) is 13.8 Å². The van der Waals surface area contributed by atoms with Gasteiger partial charge in [0.15, 0.2) is 0 Å². The molecule has 2 rings (SSSR count). The molecule has 5 nitrogen and oxygen atoms in total. The molecule has 19 heavy (non-hydrogen) atoms. The SMILES string of the molecule is COc1ccc(N)cc1Cn1c(C)nc(C)cc1=O. The average molecular weight is 259 g/mol. The van der Waals surface area contributed by atoms with Gasteiger partial charge in [0.2, 0.25) is 0 Å². The summed E-state index contributed by atoms with van der Waals surface area (Å²) in [7, 11) is 1.60. The standard InChI is InChI=1S/C14H17N3O2/c1-9-6-14(18)17(10(2)16-9)8-11-7-12(15)4-5-13(11)19-3/h4-7H,8,15H2,1-3H3. The van der Waals surface area contributed by atoms with Gasteiger partial charge in [-0.1, -0.05) is 0 Å². The molecule has 0 aliphatic rings. The Kier molecular flexibility index (Phi) is 3.55.